The number of halogens is 2. The molecular weight excluding hydrogens is 1080 g/mol. The van der Waals surface area contributed by atoms with Crippen LogP contribution in [0.3, 0.4) is 0 Å². The summed E-state index contributed by atoms with van der Waals surface area (Å²) in [4.78, 5) is 5.22. The normalized spacial score (nSPS) is 13.6. The highest BCUT2D eigenvalue weighted by Crippen LogP contribution is 2.60. The minimum absolute atomic E-state index is 0.189. The monoisotopic (exact) mass is 1140 g/mol. The standard InChI is InChI=1S/C81H63BCl2N2/c1-79(2,3)57-44-64(52-26-12-7-13-27-52)77(65(45-57)53-28-14-8-15-29-53)85-72-50-60(83)40-42-70(72)82-71-43-41-61(84)51-73(71)86(78-66(54-30-16-9-17-31-54)46-58(80(4,5)6)47-67(78)55-32-18-10-19-33-55)75-49-59(48-74(85)76(75)82)81(56-34-20-11-21-35-56)68-38-24-22-36-62(68)63-37-23-25-39-69(63)81/h7-51H,1-6H3. The third-order valence-electron chi connectivity index (χ3n) is 18.3. The summed E-state index contributed by atoms with van der Waals surface area (Å²) >= 11 is 15.0. The molecule has 0 aromatic heterocycles. The molecule has 0 unspecified atom stereocenters. The topological polar surface area (TPSA) is 6.48 Å². The number of anilines is 6. The van der Waals surface area contributed by atoms with Crippen molar-refractivity contribution < 1.29 is 0 Å². The predicted octanol–water partition coefficient (Wildman–Crippen LogP) is 20.7. The van der Waals surface area contributed by atoms with Crippen LogP contribution in [0, 0.1) is 0 Å². The molecule has 0 N–H and O–H groups in total. The number of nitrogens with zero attached hydrogens (tertiary/aromatic N) is 2. The van der Waals surface area contributed by atoms with Gasteiger partial charge in [-0.15, -0.1) is 0 Å². The van der Waals surface area contributed by atoms with Gasteiger partial charge in [-0.3, -0.25) is 0 Å². The van der Waals surface area contributed by atoms with E-state index >= 15 is 0 Å². The highest BCUT2D eigenvalue weighted by molar-refractivity contribution is 7.00. The molecule has 15 rings (SSSR count). The molecule has 86 heavy (non-hydrogen) atoms. The summed E-state index contributed by atoms with van der Waals surface area (Å²) in [6.45, 7) is 13.7. The molecule has 2 nitrogen and oxygen atoms in total. The van der Waals surface area contributed by atoms with Crippen LogP contribution in [0.1, 0.15) is 74.9 Å². The van der Waals surface area contributed by atoms with E-state index in [0.29, 0.717) is 10.0 Å². The fourth-order valence-electron chi connectivity index (χ4n) is 14.3. The molecule has 2 aliphatic heterocycles. The minimum Gasteiger partial charge on any atom is -0.310 e. The Balaban J connectivity index is 1.19. The van der Waals surface area contributed by atoms with E-state index < -0.39 is 5.41 Å². The molecular formula is C81H63BCl2N2. The van der Waals surface area contributed by atoms with E-state index in [1.54, 1.807) is 0 Å². The van der Waals surface area contributed by atoms with Gasteiger partial charge in [0.2, 0.25) is 0 Å². The summed E-state index contributed by atoms with van der Waals surface area (Å²) in [5.74, 6) is 0. The summed E-state index contributed by atoms with van der Waals surface area (Å²) in [5, 5.41) is 1.32. The van der Waals surface area contributed by atoms with Gasteiger partial charge in [-0.25, -0.2) is 0 Å². The average molecular weight is 1150 g/mol. The van der Waals surface area contributed by atoms with E-state index in [-0.39, 0.29) is 17.5 Å². The van der Waals surface area contributed by atoms with Crippen LogP contribution in [0.15, 0.2) is 273 Å². The average Bonchev–Trinajstić information content (AvgIpc) is 1.21. The molecule has 12 aromatic carbocycles. The number of fused-ring (bicyclic) bond motifs is 7. The molecule has 3 aliphatic rings. The van der Waals surface area contributed by atoms with E-state index in [2.05, 4.69) is 324 Å². The third-order valence-corrected chi connectivity index (χ3v) is 18.8. The van der Waals surface area contributed by atoms with E-state index in [0.717, 1.165) is 95.1 Å². The van der Waals surface area contributed by atoms with Gasteiger partial charge in [-0.1, -0.05) is 277 Å². The van der Waals surface area contributed by atoms with Gasteiger partial charge < -0.3 is 9.80 Å². The Hall–Kier alpha value is -9.12. The summed E-state index contributed by atoms with van der Waals surface area (Å²) in [7, 11) is 0. The molecule has 0 fully saturated rings. The second kappa shape index (κ2) is 20.6. The lowest BCUT2D eigenvalue weighted by Gasteiger charge is -2.47. The van der Waals surface area contributed by atoms with Gasteiger partial charge >= 0.3 is 0 Å². The van der Waals surface area contributed by atoms with E-state index in [4.69, 9.17) is 23.2 Å². The maximum atomic E-state index is 7.51. The predicted molar refractivity (Wildman–Crippen MR) is 367 cm³/mol. The quantitative estimate of drug-likeness (QED) is 0.140. The van der Waals surface area contributed by atoms with E-state index in [1.165, 1.54) is 44.4 Å². The Morgan fingerprint density at radius 3 is 0.988 bits per heavy atom. The fraction of sp³-hybridized carbons (Fsp3) is 0.111. The van der Waals surface area contributed by atoms with Crippen molar-refractivity contribution in [2.45, 2.75) is 57.8 Å². The zero-order valence-electron chi connectivity index (χ0n) is 49.2. The van der Waals surface area contributed by atoms with Crippen LogP contribution in [0.4, 0.5) is 34.1 Å². The molecule has 0 saturated heterocycles. The summed E-state index contributed by atoms with van der Waals surface area (Å²) < 4.78 is 0. The maximum Gasteiger partial charge on any atom is 0.252 e. The van der Waals surface area contributed by atoms with Gasteiger partial charge in [0.05, 0.1) is 16.8 Å². The number of rotatable bonds is 8. The largest absolute Gasteiger partial charge is 0.310 e. The first kappa shape index (κ1) is 53.6. The van der Waals surface area contributed by atoms with Gasteiger partial charge in [0.1, 0.15) is 0 Å². The second-order valence-electron chi connectivity index (χ2n) is 25.4. The van der Waals surface area contributed by atoms with Crippen molar-refractivity contribution in [2.24, 2.45) is 0 Å². The van der Waals surface area contributed by atoms with Crippen molar-refractivity contribution in [1.82, 2.24) is 0 Å². The molecule has 1 aliphatic carbocycles. The van der Waals surface area contributed by atoms with Crippen molar-refractivity contribution in [3.05, 3.63) is 316 Å². The van der Waals surface area contributed by atoms with Crippen molar-refractivity contribution in [3.8, 4) is 55.6 Å². The smallest absolute Gasteiger partial charge is 0.252 e. The molecule has 0 amide bonds. The Bertz CT molecular complexity index is 4230. The first-order valence-corrected chi connectivity index (χ1v) is 30.7. The first-order valence-electron chi connectivity index (χ1n) is 30.0. The molecule has 5 heteroatoms. The van der Waals surface area contributed by atoms with Gasteiger partial charge in [0, 0.05) is 55.0 Å². The third kappa shape index (κ3) is 8.53. The van der Waals surface area contributed by atoms with Crippen LogP contribution in [0.25, 0.3) is 55.6 Å². The minimum atomic E-state index is -0.794. The molecule has 2 heterocycles. The lowest BCUT2D eigenvalue weighted by atomic mass is 9.33. The first-order chi connectivity index (χ1) is 41.8. The summed E-state index contributed by atoms with van der Waals surface area (Å²) in [5.41, 5.74) is 27.5. The Labute approximate surface area is 516 Å². The number of benzene rings is 12. The van der Waals surface area contributed by atoms with Crippen LogP contribution in [0.5, 0.6) is 0 Å². The summed E-state index contributed by atoms with van der Waals surface area (Å²) in [6.07, 6.45) is 0. The van der Waals surface area contributed by atoms with Crippen LogP contribution < -0.4 is 26.2 Å². The Kier molecular flexibility index (Phi) is 12.8. The molecule has 0 saturated carbocycles. The number of hydrogen-bond donors (Lipinski definition) is 0. The zero-order chi connectivity index (χ0) is 58.6. The van der Waals surface area contributed by atoms with Crippen LogP contribution >= 0.6 is 23.2 Å². The maximum absolute atomic E-state index is 7.51. The number of hydrogen-bond acceptors (Lipinski definition) is 2. The van der Waals surface area contributed by atoms with Gasteiger partial charge in [0.25, 0.3) is 6.71 Å². The van der Waals surface area contributed by atoms with Crippen molar-refractivity contribution in [3.63, 3.8) is 0 Å². The summed E-state index contributed by atoms with van der Waals surface area (Å²) in [6, 6.07) is 102. The van der Waals surface area contributed by atoms with Crippen molar-refractivity contribution in [1.29, 1.82) is 0 Å². The lowest BCUT2D eigenvalue weighted by Crippen LogP contribution is -2.61. The molecule has 12 aromatic rings. The SMILES string of the molecule is CC(C)(C)c1cc(-c2ccccc2)c(N2c3cc(Cl)ccc3B3c4ccc(Cl)cc4N(c4c(-c5ccccc5)cc(C(C)(C)C)cc4-c4ccccc4)c4cc(C5(c6ccccc6)c6ccccc6-c6ccccc65)cc2c43)c(-c2ccccc2)c1. The van der Waals surface area contributed by atoms with Crippen LogP contribution in [0.2, 0.25) is 10.0 Å². The van der Waals surface area contributed by atoms with Gasteiger partial charge in [-0.2, -0.15) is 0 Å². The fourth-order valence-corrected chi connectivity index (χ4v) is 14.6. The zero-order valence-corrected chi connectivity index (χ0v) is 50.7. The van der Waals surface area contributed by atoms with Crippen LogP contribution in [-0.2, 0) is 16.2 Å². The highest BCUT2D eigenvalue weighted by Gasteiger charge is 2.51. The highest BCUT2D eigenvalue weighted by atomic mass is 35.5. The molecule has 414 valence electrons. The van der Waals surface area contributed by atoms with Crippen molar-refractivity contribution >= 4 is 80.4 Å². The Morgan fingerprint density at radius 1 is 0.314 bits per heavy atom. The van der Waals surface area contributed by atoms with E-state index in [9.17, 15) is 0 Å². The van der Waals surface area contributed by atoms with Crippen molar-refractivity contribution in [2.75, 3.05) is 9.80 Å². The van der Waals surface area contributed by atoms with Gasteiger partial charge in [-0.05, 0) is 155 Å². The molecule has 0 radical (unpaired) electrons. The van der Waals surface area contributed by atoms with E-state index in [1.807, 2.05) is 0 Å². The van der Waals surface area contributed by atoms with Gasteiger partial charge in [0.15, 0.2) is 0 Å². The Morgan fingerprint density at radius 2 is 0.640 bits per heavy atom. The molecule has 0 spiro atoms. The second-order valence-corrected chi connectivity index (χ2v) is 26.3. The lowest BCUT2D eigenvalue weighted by molar-refractivity contribution is 0.590. The van der Waals surface area contributed by atoms with Crippen LogP contribution in [-0.4, -0.2) is 6.71 Å². The molecule has 0 bridgehead atoms. The molecule has 0 atom stereocenters.